The van der Waals surface area contributed by atoms with Crippen molar-refractivity contribution >= 4 is 37.5 Å². The van der Waals surface area contributed by atoms with E-state index in [1.807, 2.05) is 45.0 Å². The monoisotopic (exact) mass is 347 g/mol. The third-order valence-corrected chi connectivity index (χ3v) is 5.45. The van der Waals surface area contributed by atoms with E-state index in [-0.39, 0.29) is 15.4 Å². The molecule has 0 fully saturated rings. The van der Waals surface area contributed by atoms with Crippen LogP contribution in [0.4, 0.5) is 5.13 Å². The standard InChI is InChI=1S/C16H17N3O2S2/c1-16(2,3)14-17-15(22-18-14)19-23(20,21)13-9-8-11-6-4-5-7-12(11)10-13/h4-10H,1-3H3,(H,17,18,19). The lowest BCUT2D eigenvalue weighted by Crippen LogP contribution is -2.15. The van der Waals surface area contributed by atoms with Crippen LogP contribution in [0.25, 0.3) is 10.8 Å². The van der Waals surface area contributed by atoms with Crippen molar-refractivity contribution in [1.29, 1.82) is 0 Å². The number of aromatic nitrogens is 2. The fraction of sp³-hybridized carbons (Fsp3) is 0.250. The third-order valence-electron chi connectivity index (χ3n) is 3.35. The van der Waals surface area contributed by atoms with Crippen molar-refractivity contribution in [3.05, 3.63) is 48.3 Å². The molecule has 3 aromatic rings. The number of nitrogens with one attached hydrogen (secondary N) is 1. The molecule has 7 heteroatoms. The van der Waals surface area contributed by atoms with E-state index >= 15 is 0 Å². The van der Waals surface area contributed by atoms with Crippen molar-refractivity contribution in [3.8, 4) is 0 Å². The van der Waals surface area contributed by atoms with Gasteiger partial charge in [0.25, 0.3) is 10.0 Å². The van der Waals surface area contributed by atoms with Crippen LogP contribution in [-0.4, -0.2) is 17.8 Å². The van der Waals surface area contributed by atoms with E-state index in [4.69, 9.17) is 0 Å². The minimum absolute atomic E-state index is 0.212. The topological polar surface area (TPSA) is 72.0 Å². The number of rotatable bonds is 3. The highest BCUT2D eigenvalue weighted by molar-refractivity contribution is 7.93. The maximum atomic E-state index is 12.5. The molecule has 0 atom stereocenters. The number of hydrogen-bond donors (Lipinski definition) is 1. The number of fused-ring (bicyclic) bond motifs is 1. The van der Waals surface area contributed by atoms with E-state index in [0.29, 0.717) is 5.82 Å². The Labute approximate surface area is 139 Å². The van der Waals surface area contributed by atoms with Crippen LogP contribution in [0.15, 0.2) is 47.4 Å². The highest BCUT2D eigenvalue weighted by Crippen LogP contribution is 2.25. The largest absolute Gasteiger partial charge is 0.263 e. The molecule has 3 rings (SSSR count). The molecular formula is C16H17N3O2S2. The van der Waals surface area contributed by atoms with Gasteiger partial charge in [0.15, 0.2) is 0 Å². The van der Waals surface area contributed by atoms with Crippen LogP contribution in [0.1, 0.15) is 26.6 Å². The summed E-state index contributed by atoms with van der Waals surface area (Å²) < 4.78 is 31.8. The molecule has 0 aliphatic heterocycles. The summed E-state index contributed by atoms with van der Waals surface area (Å²) in [6.45, 7) is 5.95. The predicted octanol–water partition coefficient (Wildman–Crippen LogP) is 3.79. The minimum atomic E-state index is -3.68. The number of nitrogens with zero attached hydrogens (tertiary/aromatic N) is 2. The summed E-state index contributed by atoms with van der Waals surface area (Å²) in [5, 5.41) is 2.16. The van der Waals surface area contributed by atoms with Crippen molar-refractivity contribution in [2.45, 2.75) is 31.1 Å². The smallest absolute Gasteiger partial charge is 0.253 e. The first-order chi connectivity index (χ1) is 10.8. The Morgan fingerprint density at radius 1 is 1.04 bits per heavy atom. The summed E-state index contributed by atoms with van der Waals surface area (Å²) in [7, 11) is -3.68. The van der Waals surface area contributed by atoms with E-state index in [1.165, 1.54) is 0 Å². The van der Waals surface area contributed by atoms with Gasteiger partial charge in [0.2, 0.25) is 5.13 Å². The second-order valence-electron chi connectivity index (χ2n) is 6.29. The molecule has 0 spiro atoms. The zero-order valence-corrected chi connectivity index (χ0v) is 14.7. The average Bonchev–Trinajstić information content (AvgIpc) is 2.94. The Bertz CT molecular complexity index is 957. The summed E-state index contributed by atoms with van der Waals surface area (Å²) in [6, 6.07) is 12.7. The van der Waals surface area contributed by atoms with E-state index in [9.17, 15) is 8.42 Å². The summed E-state index contributed by atoms with van der Waals surface area (Å²) in [5.74, 6) is 0.624. The SMILES string of the molecule is CC(C)(C)c1nsc(NS(=O)(=O)c2ccc3ccccc3c2)n1. The fourth-order valence-corrected chi connectivity index (χ4v) is 4.09. The lowest BCUT2D eigenvalue weighted by Gasteiger charge is -2.12. The van der Waals surface area contributed by atoms with Gasteiger partial charge in [-0.25, -0.2) is 13.4 Å². The molecule has 1 N–H and O–H groups in total. The highest BCUT2D eigenvalue weighted by atomic mass is 32.2. The molecule has 0 saturated carbocycles. The lowest BCUT2D eigenvalue weighted by atomic mass is 9.96. The summed E-state index contributed by atoms with van der Waals surface area (Å²) in [6.07, 6.45) is 0. The van der Waals surface area contributed by atoms with Gasteiger partial charge in [-0.05, 0) is 22.9 Å². The van der Waals surface area contributed by atoms with E-state index in [1.54, 1.807) is 18.2 Å². The van der Waals surface area contributed by atoms with Gasteiger partial charge in [0, 0.05) is 16.9 Å². The molecule has 1 aromatic heterocycles. The fourth-order valence-electron chi connectivity index (χ4n) is 2.08. The number of benzene rings is 2. The zero-order chi connectivity index (χ0) is 16.7. The van der Waals surface area contributed by atoms with Gasteiger partial charge in [-0.15, -0.1) is 0 Å². The van der Waals surface area contributed by atoms with Crippen LogP contribution in [-0.2, 0) is 15.4 Å². The van der Waals surface area contributed by atoms with E-state index in [2.05, 4.69) is 14.1 Å². The van der Waals surface area contributed by atoms with Crippen LogP contribution >= 0.6 is 11.5 Å². The van der Waals surface area contributed by atoms with Gasteiger partial charge in [0.05, 0.1) is 4.90 Å². The van der Waals surface area contributed by atoms with Gasteiger partial charge in [-0.1, -0.05) is 51.1 Å². The summed E-state index contributed by atoms with van der Waals surface area (Å²) in [5.41, 5.74) is -0.219. The molecule has 0 aliphatic carbocycles. The Morgan fingerprint density at radius 2 is 1.74 bits per heavy atom. The third kappa shape index (κ3) is 3.35. The van der Waals surface area contributed by atoms with Gasteiger partial charge in [-0.2, -0.15) is 4.37 Å². The molecule has 23 heavy (non-hydrogen) atoms. The van der Waals surface area contributed by atoms with Gasteiger partial charge in [-0.3, -0.25) is 4.72 Å². The van der Waals surface area contributed by atoms with Crippen LogP contribution in [0, 0.1) is 0 Å². The first-order valence-corrected chi connectivity index (χ1v) is 9.37. The minimum Gasteiger partial charge on any atom is -0.253 e. The number of hydrogen-bond acceptors (Lipinski definition) is 5. The maximum absolute atomic E-state index is 12.5. The number of sulfonamides is 1. The Balaban J connectivity index is 1.92. The van der Waals surface area contributed by atoms with Gasteiger partial charge in [0.1, 0.15) is 5.82 Å². The van der Waals surface area contributed by atoms with Crippen molar-refractivity contribution in [2.24, 2.45) is 0 Å². The van der Waals surface area contributed by atoms with Gasteiger partial charge >= 0.3 is 0 Å². The van der Waals surface area contributed by atoms with Crippen molar-refractivity contribution in [2.75, 3.05) is 4.72 Å². The second kappa shape index (κ2) is 5.58. The lowest BCUT2D eigenvalue weighted by molar-refractivity contribution is 0.555. The van der Waals surface area contributed by atoms with Crippen molar-refractivity contribution < 1.29 is 8.42 Å². The Kier molecular flexibility index (Phi) is 3.85. The van der Waals surface area contributed by atoms with Crippen LogP contribution in [0.2, 0.25) is 0 Å². The number of anilines is 1. The molecule has 0 bridgehead atoms. The second-order valence-corrected chi connectivity index (χ2v) is 8.72. The molecule has 0 saturated heterocycles. The maximum Gasteiger partial charge on any atom is 0.263 e. The molecular weight excluding hydrogens is 330 g/mol. The summed E-state index contributed by atoms with van der Waals surface area (Å²) in [4.78, 5) is 4.48. The summed E-state index contributed by atoms with van der Waals surface area (Å²) >= 11 is 1.05. The van der Waals surface area contributed by atoms with Crippen LogP contribution < -0.4 is 4.72 Å². The molecule has 0 aliphatic rings. The molecule has 0 radical (unpaired) electrons. The Hall–Kier alpha value is -1.99. The predicted molar refractivity (Wildman–Crippen MR) is 93.4 cm³/mol. The highest BCUT2D eigenvalue weighted by Gasteiger charge is 2.22. The normalized spacial score (nSPS) is 12.5. The van der Waals surface area contributed by atoms with Crippen molar-refractivity contribution in [3.63, 3.8) is 0 Å². The zero-order valence-electron chi connectivity index (χ0n) is 13.1. The van der Waals surface area contributed by atoms with Crippen LogP contribution in [0.3, 0.4) is 0 Å². The van der Waals surface area contributed by atoms with Crippen LogP contribution in [0.5, 0.6) is 0 Å². The first-order valence-electron chi connectivity index (χ1n) is 7.11. The molecule has 1 heterocycles. The molecule has 5 nitrogen and oxygen atoms in total. The molecule has 0 amide bonds. The average molecular weight is 347 g/mol. The molecule has 2 aromatic carbocycles. The van der Waals surface area contributed by atoms with E-state index < -0.39 is 10.0 Å². The molecule has 0 unspecified atom stereocenters. The van der Waals surface area contributed by atoms with E-state index in [0.717, 1.165) is 22.3 Å². The van der Waals surface area contributed by atoms with Gasteiger partial charge < -0.3 is 0 Å². The quantitative estimate of drug-likeness (QED) is 0.782. The Morgan fingerprint density at radius 3 is 2.39 bits per heavy atom. The van der Waals surface area contributed by atoms with Crippen molar-refractivity contribution in [1.82, 2.24) is 9.36 Å². The first kappa shape index (κ1) is 15.9. The molecule has 120 valence electrons.